The van der Waals surface area contributed by atoms with Crippen molar-refractivity contribution in [2.45, 2.75) is 37.5 Å². The van der Waals surface area contributed by atoms with Crippen LogP contribution in [0.3, 0.4) is 0 Å². The monoisotopic (exact) mass is 484 g/mol. The van der Waals surface area contributed by atoms with E-state index >= 15 is 0 Å². The summed E-state index contributed by atoms with van der Waals surface area (Å²) in [6.07, 6.45) is -3.98. The number of hydrogen-bond acceptors (Lipinski definition) is 4. The molecule has 1 saturated heterocycles. The van der Waals surface area contributed by atoms with Crippen molar-refractivity contribution in [3.8, 4) is 5.69 Å². The van der Waals surface area contributed by atoms with Crippen molar-refractivity contribution in [2.24, 2.45) is 0 Å². The van der Waals surface area contributed by atoms with E-state index < -0.39 is 30.5 Å². The zero-order chi connectivity index (χ0) is 24.9. The summed E-state index contributed by atoms with van der Waals surface area (Å²) < 4.78 is 60.6. The fraction of sp³-hybridized carbons (Fsp3) is 0.318. The number of halogens is 5. The highest BCUT2D eigenvalue weighted by molar-refractivity contribution is 5.82. The van der Waals surface area contributed by atoms with Gasteiger partial charge in [0.05, 0.1) is 17.1 Å². The molecule has 3 N–H and O–H groups in total. The van der Waals surface area contributed by atoms with Crippen molar-refractivity contribution < 1.29 is 36.6 Å². The lowest BCUT2D eigenvalue weighted by atomic mass is 10.0. The molecule has 0 bridgehead atoms. The molecule has 34 heavy (non-hydrogen) atoms. The number of amides is 1. The van der Waals surface area contributed by atoms with Gasteiger partial charge in [-0.15, -0.1) is 0 Å². The maximum atomic E-state index is 13.4. The molecular weight excluding hydrogens is 463 g/mol. The Kier molecular flexibility index (Phi) is 7.50. The van der Waals surface area contributed by atoms with Gasteiger partial charge in [0, 0.05) is 31.6 Å². The first-order valence-corrected chi connectivity index (χ1v) is 10.2. The number of aromatic nitrogens is 2. The van der Waals surface area contributed by atoms with Gasteiger partial charge in [-0.25, -0.2) is 18.6 Å². The second-order valence-electron chi connectivity index (χ2n) is 7.61. The third kappa shape index (κ3) is 6.50. The molecule has 1 aromatic heterocycles. The third-order valence-corrected chi connectivity index (χ3v) is 5.08. The van der Waals surface area contributed by atoms with Crippen LogP contribution in [0.1, 0.15) is 18.4 Å². The number of aliphatic carboxylic acids is 1. The average molecular weight is 484 g/mol. The van der Waals surface area contributed by atoms with Gasteiger partial charge >= 0.3 is 12.1 Å². The number of para-hydroxylation sites is 2. The van der Waals surface area contributed by atoms with Crippen molar-refractivity contribution in [1.29, 1.82) is 0 Å². The number of imidazole rings is 1. The van der Waals surface area contributed by atoms with E-state index in [0.717, 1.165) is 22.3 Å². The van der Waals surface area contributed by atoms with Gasteiger partial charge in [0.15, 0.2) is 0 Å². The molecule has 4 rings (SSSR count). The number of benzene rings is 2. The number of piperidine rings is 1. The van der Waals surface area contributed by atoms with Gasteiger partial charge in [0.1, 0.15) is 6.33 Å². The lowest BCUT2D eigenvalue weighted by molar-refractivity contribution is -0.192. The Labute approximate surface area is 190 Å². The van der Waals surface area contributed by atoms with E-state index in [0.29, 0.717) is 6.54 Å². The summed E-state index contributed by atoms with van der Waals surface area (Å²) in [5.74, 6) is -5.92. The number of alkyl halides is 5. The zero-order valence-electron chi connectivity index (χ0n) is 17.6. The van der Waals surface area contributed by atoms with Crippen molar-refractivity contribution in [2.75, 3.05) is 6.54 Å². The molecular formula is C22H21F5N4O3. The second kappa shape index (κ2) is 10.2. The van der Waals surface area contributed by atoms with Gasteiger partial charge in [-0.3, -0.25) is 9.36 Å². The number of fused-ring (bicyclic) bond motifs is 1. The molecule has 1 aliphatic heterocycles. The Balaban J connectivity index is 0.000000406. The van der Waals surface area contributed by atoms with Gasteiger partial charge in [-0.2, -0.15) is 13.2 Å². The van der Waals surface area contributed by atoms with Crippen LogP contribution < -0.4 is 10.6 Å². The molecule has 7 nitrogen and oxygen atoms in total. The summed E-state index contributed by atoms with van der Waals surface area (Å²) >= 11 is 0. The Morgan fingerprint density at radius 1 is 1.15 bits per heavy atom. The normalized spacial score (nSPS) is 17.5. The minimum atomic E-state index is -5.08. The summed E-state index contributed by atoms with van der Waals surface area (Å²) in [4.78, 5) is 25.4. The quantitative estimate of drug-likeness (QED) is 0.492. The Bertz CT molecular complexity index is 1150. The van der Waals surface area contributed by atoms with E-state index in [9.17, 15) is 26.7 Å². The van der Waals surface area contributed by atoms with Crippen LogP contribution in [0.2, 0.25) is 0 Å². The number of hydrogen-bond donors (Lipinski definition) is 3. The molecule has 3 aromatic rings. The molecule has 1 amide bonds. The summed E-state index contributed by atoms with van der Waals surface area (Å²) in [6.45, 7) is 0.451. The van der Waals surface area contributed by atoms with Gasteiger partial charge < -0.3 is 15.7 Å². The largest absolute Gasteiger partial charge is 0.490 e. The number of rotatable bonds is 4. The van der Waals surface area contributed by atoms with Crippen molar-refractivity contribution in [3.63, 3.8) is 0 Å². The van der Waals surface area contributed by atoms with Crippen LogP contribution in [0.5, 0.6) is 0 Å². The van der Waals surface area contributed by atoms with Gasteiger partial charge in [-0.1, -0.05) is 24.3 Å². The molecule has 1 aliphatic rings. The Morgan fingerprint density at radius 3 is 2.41 bits per heavy atom. The maximum Gasteiger partial charge on any atom is 0.490 e. The smallest absolute Gasteiger partial charge is 0.475 e. The molecule has 0 aliphatic carbocycles. The molecule has 0 spiro atoms. The molecule has 2 heterocycles. The van der Waals surface area contributed by atoms with Gasteiger partial charge in [-0.05, 0) is 29.8 Å². The standard InChI is InChI=1S/C20H20F2N4O.C2HF3O2/c21-20(22)9-10-23-17(11-20)19(27)24-12-14-5-7-15(8-6-14)26-13-25-16-3-1-2-4-18(16)26;3-2(4,5)1(6)7/h1-8,13,17,23H,9-12H2,(H,24,27);(H,6,7). The first-order valence-electron chi connectivity index (χ1n) is 10.2. The summed E-state index contributed by atoms with van der Waals surface area (Å²) in [5.41, 5.74) is 3.81. The number of carbonyl (C=O) groups excluding carboxylic acids is 1. The van der Waals surface area contributed by atoms with E-state index in [-0.39, 0.29) is 18.9 Å². The SMILES string of the molecule is O=C(NCc1ccc(-n2cnc3ccccc32)cc1)C1CC(F)(F)CCN1.O=C(O)C(F)(F)F. The van der Waals surface area contributed by atoms with Gasteiger partial charge in [0.2, 0.25) is 5.91 Å². The van der Waals surface area contributed by atoms with E-state index in [4.69, 9.17) is 9.90 Å². The highest BCUT2D eigenvalue weighted by atomic mass is 19.4. The van der Waals surface area contributed by atoms with Crippen LogP contribution in [0.4, 0.5) is 22.0 Å². The zero-order valence-corrected chi connectivity index (χ0v) is 17.6. The topological polar surface area (TPSA) is 96.3 Å². The fourth-order valence-corrected chi connectivity index (χ4v) is 3.34. The second-order valence-corrected chi connectivity index (χ2v) is 7.61. The maximum absolute atomic E-state index is 13.4. The Hall–Kier alpha value is -3.54. The summed E-state index contributed by atoms with van der Waals surface area (Å²) in [7, 11) is 0. The highest BCUT2D eigenvalue weighted by Gasteiger charge is 2.39. The predicted molar refractivity (Wildman–Crippen MR) is 113 cm³/mol. The van der Waals surface area contributed by atoms with E-state index in [1.165, 1.54) is 0 Å². The predicted octanol–water partition coefficient (Wildman–Crippen LogP) is 3.66. The minimum Gasteiger partial charge on any atom is -0.475 e. The van der Waals surface area contributed by atoms with E-state index in [2.05, 4.69) is 15.6 Å². The molecule has 1 atom stereocenters. The molecule has 2 aromatic carbocycles. The van der Waals surface area contributed by atoms with Crippen molar-refractivity contribution >= 4 is 22.9 Å². The molecule has 0 radical (unpaired) electrons. The molecule has 12 heteroatoms. The van der Waals surface area contributed by atoms with E-state index in [1.54, 1.807) is 6.33 Å². The molecule has 182 valence electrons. The van der Waals surface area contributed by atoms with Crippen LogP contribution in [0, 0.1) is 0 Å². The number of carbonyl (C=O) groups is 2. The fourth-order valence-electron chi connectivity index (χ4n) is 3.34. The highest BCUT2D eigenvalue weighted by Crippen LogP contribution is 2.27. The van der Waals surface area contributed by atoms with Crippen molar-refractivity contribution in [1.82, 2.24) is 20.2 Å². The first-order chi connectivity index (χ1) is 16.0. The third-order valence-electron chi connectivity index (χ3n) is 5.08. The minimum absolute atomic E-state index is 0.151. The number of carboxylic acids is 1. The first kappa shape index (κ1) is 25.1. The van der Waals surface area contributed by atoms with Crippen LogP contribution in [-0.2, 0) is 16.1 Å². The number of nitrogens with zero attached hydrogens (tertiary/aromatic N) is 2. The van der Waals surface area contributed by atoms with Crippen molar-refractivity contribution in [3.05, 3.63) is 60.4 Å². The van der Waals surface area contributed by atoms with Gasteiger partial charge in [0.25, 0.3) is 5.92 Å². The lowest BCUT2D eigenvalue weighted by Gasteiger charge is -2.29. The Morgan fingerprint density at radius 2 is 1.79 bits per heavy atom. The van der Waals surface area contributed by atoms with Crippen LogP contribution in [0.25, 0.3) is 16.7 Å². The lowest BCUT2D eigenvalue weighted by Crippen LogP contribution is -2.51. The summed E-state index contributed by atoms with van der Waals surface area (Å²) in [5, 5.41) is 12.7. The van der Waals surface area contributed by atoms with Crippen LogP contribution in [0.15, 0.2) is 54.9 Å². The van der Waals surface area contributed by atoms with Crippen LogP contribution in [-0.4, -0.2) is 51.2 Å². The van der Waals surface area contributed by atoms with Crippen LogP contribution >= 0.6 is 0 Å². The molecule has 1 fully saturated rings. The molecule has 0 saturated carbocycles. The molecule has 1 unspecified atom stereocenters. The van der Waals surface area contributed by atoms with E-state index in [1.807, 2.05) is 53.1 Å². The summed E-state index contributed by atoms with van der Waals surface area (Å²) in [6, 6.07) is 14.7. The average Bonchev–Trinajstić information content (AvgIpc) is 3.21. The number of carboxylic acid groups (broad SMARTS) is 1. The number of nitrogens with one attached hydrogen (secondary N) is 2.